The lowest BCUT2D eigenvalue weighted by molar-refractivity contribution is 0.942. The first-order chi connectivity index (χ1) is 9.20. The van der Waals surface area contributed by atoms with Gasteiger partial charge in [-0.05, 0) is 30.3 Å². The van der Waals surface area contributed by atoms with Gasteiger partial charge in [0.15, 0.2) is 5.65 Å². The minimum Gasteiger partial charge on any atom is -0.397 e. The number of rotatable bonds is 1. The predicted octanol–water partition coefficient (Wildman–Crippen LogP) is 2.09. The van der Waals surface area contributed by atoms with Crippen LogP contribution in [0.5, 0.6) is 0 Å². The summed E-state index contributed by atoms with van der Waals surface area (Å²) in [6, 6.07) is 11.1. The number of aryl methyl sites for hydroxylation is 1. The van der Waals surface area contributed by atoms with Crippen molar-refractivity contribution in [3.63, 3.8) is 0 Å². The molecule has 5 nitrogen and oxygen atoms in total. The lowest BCUT2D eigenvalue weighted by atomic mass is 10.1. The fourth-order valence-corrected chi connectivity index (χ4v) is 2.05. The second-order valence-corrected chi connectivity index (χ2v) is 4.26. The van der Waals surface area contributed by atoms with Crippen LogP contribution in [0.2, 0.25) is 0 Å². The van der Waals surface area contributed by atoms with Crippen molar-refractivity contribution in [3.05, 3.63) is 42.1 Å². The predicted molar refractivity (Wildman–Crippen MR) is 73.1 cm³/mol. The number of hydrogen-bond donors (Lipinski definition) is 1. The number of imidazole rings is 1. The summed E-state index contributed by atoms with van der Waals surface area (Å²) in [5.41, 5.74) is 9.52. The minimum absolute atomic E-state index is 0.612. The van der Waals surface area contributed by atoms with Gasteiger partial charge in [0, 0.05) is 18.8 Å². The van der Waals surface area contributed by atoms with Crippen LogP contribution in [-0.4, -0.2) is 14.5 Å². The molecule has 0 atom stereocenters. The van der Waals surface area contributed by atoms with E-state index < -0.39 is 0 Å². The summed E-state index contributed by atoms with van der Waals surface area (Å²) < 4.78 is 1.90. The molecule has 0 amide bonds. The molecular weight excluding hydrogens is 238 g/mol. The van der Waals surface area contributed by atoms with E-state index >= 15 is 0 Å². The Hall–Kier alpha value is -2.87. The van der Waals surface area contributed by atoms with E-state index in [9.17, 15) is 0 Å². The van der Waals surface area contributed by atoms with Crippen LogP contribution in [0.4, 0.5) is 5.69 Å². The first kappa shape index (κ1) is 11.2. The van der Waals surface area contributed by atoms with E-state index in [-0.39, 0.29) is 0 Å². The van der Waals surface area contributed by atoms with E-state index in [0.717, 1.165) is 17.0 Å². The van der Waals surface area contributed by atoms with Gasteiger partial charge in [0.25, 0.3) is 0 Å². The third kappa shape index (κ3) is 1.70. The number of anilines is 1. The van der Waals surface area contributed by atoms with Crippen LogP contribution in [0.3, 0.4) is 0 Å². The third-order valence-corrected chi connectivity index (χ3v) is 3.06. The molecule has 0 unspecified atom stereocenters. The Morgan fingerprint density at radius 2 is 1.95 bits per heavy atom. The summed E-state index contributed by atoms with van der Waals surface area (Å²) in [5, 5.41) is 8.81. The fraction of sp³-hybridized carbons (Fsp3) is 0.0714. The van der Waals surface area contributed by atoms with Crippen LogP contribution in [0, 0.1) is 11.3 Å². The molecule has 3 rings (SSSR count). The van der Waals surface area contributed by atoms with Gasteiger partial charge in [-0.1, -0.05) is 0 Å². The van der Waals surface area contributed by atoms with E-state index in [0.29, 0.717) is 16.8 Å². The Morgan fingerprint density at radius 3 is 2.58 bits per heavy atom. The molecule has 0 fully saturated rings. The highest BCUT2D eigenvalue weighted by atomic mass is 15.1. The lowest BCUT2D eigenvalue weighted by Gasteiger charge is -2.01. The molecule has 0 saturated heterocycles. The maximum absolute atomic E-state index is 8.81. The maximum Gasteiger partial charge on any atom is 0.162 e. The highest BCUT2D eigenvalue weighted by Gasteiger charge is 2.12. The second kappa shape index (κ2) is 4.10. The normalized spacial score (nSPS) is 10.5. The van der Waals surface area contributed by atoms with Gasteiger partial charge in [-0.25, -0.2) is 9.97 Å². The average molecular weight is 249 g/mol. The highest BCUT2D eigenvalue weighted by Crippen LogP contribution is 2.25. The lowest BCUT2D eigenvalue weighted by Crippen LogP contribution is -1.94. The Kier molecular flexibility index (Phi) is 2.43. The quantitative estimate of drug-likeness (QED) is 0.716. The average Bonchev–Trinajstić information content (AvgIpc) is 2.78. The SMILES string of the molecule is Cn1c(-c2ccc(C#N)cc2)nc2c(N)ccnc21. The van der Waals surface area contributed by atoms with Crippen LogP contribution in [0.1, 0.15) is 5.56 Å². The summed E-state index contributed by atoms with van der Waals surface area (Å²) in [7, 11) is 1.90. The van der Waals surface area contributed by atoms with Crippen LogP contribution in [0.15, 0.2) is 36.5 Å². The van der Waals surface area contributed by atoms with Crippen molar-refractivity contribution in [1.29, 1.82) is 5.26 Å². The second-order valence-electron chi connectivity index (χ2n) is 4.26. The van der Waals surface area contributed by atoms with E-state index in [2.05, 4.69) is 16.0 Å². The molecule has 0 saturated carbocycles. The molecule has 19 heavy (non-hydrogen) atoms. The van der Waals surface area contributed by atoms with Crippen LogP contribution < -0.4 is 5.73 Å². The zero-order valence-corrected chi connectivity index (χ0v) is 10.3. The van der Waals surface area contributed by atoms with Crippen molar-refractivity contribution in [3.8, 4) is 17.5 Å². The van der Waals surface area contributed by atoms with E-state index in [1.165, 1.54) is 0 Å². The first-order valence-corrected chi connectivity index (χ1v) is 5.78. The number of aromatic nitrogens is 3. The van der Waals surface area contributed by atoms with Crippen molar-refractivity contribution in [2.24, 2.45) is 7.05 Å². The number of nitriles is 1. The zero-order chi connectivity index (χ0) is 13.4. The molecule has 3 aromatic rings. The molecule has 2 heterocycles. The van der Waals surface area contributed by atoms with Crippen molar-refractivity contribution >= 4 is 16.9 Å². The molecule has 5 heteroatoms. The van der Waals surface area contributed by atoms with E-state index in [1.807, 2.05) is 23.7 Å². The number of benzene rings is 1. The number of hydrogen-bond acceptors (Lipinski definition) is 4. The van der Waals surface area contributed by atoms with Gasteiger partial charge in [-0.3, -0.25) is 0 Å². The number of nitrogen functional groups attached to an aromatic ring is 1. The molecule has 2 N–H and O–H groups in total. The molecule has 0 spiro atoms. The molecule has 0 aliphatic carbocycles. The molecule has 0 bridgehead atoms. The summed E-state index contributed by atoms with van der Waals surface area (Å²) >= 11 is 0. The standard InChI is InChI=1S/C14H11N5/c1-19-13(10-4-2-9(8-15)3-5-10)18-12-11(16)6-7-17-14(12)19/h2-7H,1H3,(H2,16,17). The van der Waals surface area contributed by atoms with Crippen molar-refractivity contribution in [2.45, 2.75) is 0 Å². The van der Waals surface area contributed by atoms with Crippen LogP contribution >= 0.6 is 0 Å². The molecule has 0 aliphatic heterocycles. The van der Waals surface area contributed by atoms with Crippen molar-refractivity contribution in [1.82, 2.24) is 14.5 Å². The summed E-state index contributed by atoms with van der Waals surface area (Å²) in [6.45, 7) is 0. The van der Waals surface area contributed by atoms with E-state index in [4.69, 9.17) is 11.0 Å². The number of fused-ring (bicyclic) bond motifs is 1. The maximum atomic E-state index is 8.81. The summed E-state index contributed by atoms with van der Waals surface area (Å²) in [4.78, 5) is 8.82. The Balaban J connectivity index is 2.22. The largest absolute Gasteiger partial charge is 0.397 e. The zero-order valence-electron chi connectivity index (χ0n) is 10.3. The Bertz CT molecular complexity index is 793. The van der Waals surface area contributed by atoms with Gasteiger partial charge in [0.1, 0.15) is 11.3 Å². The summed E-state index contributed by atoms with van der Waals surface area (Å²) in [5.74, 6) is 0.782. The molecule has 1 aromatic carbocycles. The van der Waals surface area contributed by atoms with Crippen LogP contribution in [0.25, 0.3) is 22.6 Å². The van der Waals surface area contributed by atoms with Gasteiger partial charge in [0.05, 0.1) is 17.3 Å². The number of nitrogens with zero attached hydrogens (tertiary/aromatic N) is 4. The Morgan fingerprint density at radius 1 is 1.21 bits per heavy atom. The molecule has 0 radical (unpaired) electrons. The van der Waals surface area contributed by atoms with Crippen molar-refractivity contribution < 1.29 is 0 Å². The minimum atomic E-state index is 0.612. The molecule has 92 valence electrons. The molecule has 0 aliphatic rings. The molecule has 2 aromatic heterocycles. The number of nitrogens with two attached hydrogens (primary N) is 1. The third-order valence-electron chi connectivity index (χ3n) is 3.06. The topological polar surface area (TPSA) is 80.5 Å². The first-order valence-electron chi connectivity index (χ1n) is 5.78. The fourth-order valence-electron chi connectivity index (χ4n) is 2.05. The van der Waals surface area contributed by atoms with Gasteiger partial charge in [-0.2, -0.15) is 5.26 Å². The van der Waals surface area contributed by atoms with Crippen molar-refractivity contribution in [2.75, 3.05) is 5.73 Å². The van der Waals surface area contributed by atoms with Gasteiger partial charge in [0.2, 0.25) is 0 Å². The Labute approximate surface area is 109 Å². The van der Waals surface area contributed by atoms with Gasteiger partial charge < -0.3 is 10.3 Å². The van der Waals surface area contributed by atoms with Crippen LogP contribution in [-0.2, 0) is 7.05 Å². The molecular formula is C14H11N5. The highest BCUT2D eigenvalue weighted by molar-refractivity contribution is 5.87. The van der Waals surface area contributed by atoms with E-state index in [1.54, 1.807) is 24.4 Å². The smallest absolute Gasteiger partial charge is 0.162 e. The van der Waals surface area contributed by atoms with Gasteiger partial charge in [-0.15, -0.1) is 0 Å². The monoisotopic (exact) mass is 249 g/mol. The van der Waals surface area contributed by atoms with Gasteiger partial charge >= 0.3 is 0 Å². The summed E-state index contributed by atoms with van der Waals surface area (Å²) in [6.07, 6.45) is 1.67. The number of pyridine rings is 1.